The molecule has 1 amide bonds. The Morgan fingerprint density at radius 3 is 2.59 bits per heavy atom. The van der Waals surface area contributed by atoms with Gasteiger partial charge in [-0.1, -0.05) is 27.2 Å². The van der Waals surface area contributed by atoms with Crippen molar-refractivity contribution in [1.82, 2.24) is 10.6 Å². The van der Waals surface area contributed by atoms with Crippen molar-refractivity contribution in [2.75, 3.05) is 19.8 Å². The first-order valence-corrected chi connectivity index (χ1v) is 8.51. The van der Waals surface area contributed by atoms with E-state index in [9.17, 15) is 4.79 Å². The molecule has 0 saturated heterocycles. The molecule has 130 valence electrons. The summed E-state index contributed by atoms with van der Waals surface area (Å²) >= 11 is 0. The van der Waals surface area contributed by atoms with Crippen LogP contribution in [0.5, 0.6) is 0 Å². The number of alkyl carbamates (subject to hydrolysis) is 1. The standard InChI is InChI=1S/C17H34N2O3/c1-7-8-9-21-11-14-10-17(14,12-18-13(2)3)19-15(20)22-16(4,5)6/h13-14,18H,7-12H2,1-6H3,(H,19,20)/t14-,17-/m1/s1. The molecule has 2 atom stereocenters. The molecule has 0 heterocycles. The summed E-state index contributed by atoms with van der Waals surface area (Å²) in [7, 11) is 0. The van der Waals surface area contributed by atoms with Crippen molar-refractivity contribution in [3.8, 4) is 0 Å². The minimum atomic E-state index is -0.473. The van der Waals surface area contributed by atoms with Gasteiger partial charge in [0, 0.05) is 25.1 Å². The second kappa shape index (κ2) is 8.16. The highest BCUT2D eigenvalue weighted by Gasteiger charge is 2.55. The zero-order valence-corrected chi connectivity index (χ0v) is 15.1. The van der Waals surface area contributed by atoms with Gasteiger partial charge in [0.05, 0.1) is 12.1 Å². The lowest BCUT2D eigenvalue weighted by Gasteiger charge is -2.25. The van der Waals surface area contributed by atoms with Crippen LogP contribution < -0.4 is 10.6 Å². The summed E-state index contributed by atoms with van der Waals surface area (Å²) in [6, 6.07) is 0.388. The molecule has 1 rings (SSSR count). The van der Waals surface area contributed by atoms with Crippen molar-refractivity contribution < 1.29 is 14.3 Å². The number of ether oxygens (including phenoxy) is 2. The van der Waals surface area contributed by atoms with Crippen molar-refractivity contribution in [3.63, 3.8) is 0 Å². The maximum atomic E-state index is 12.1. The van der Waals surface area contributed by atoms with Gasteiger partial charge in [-0.3, -0.25) is 0 Å². The zero-order valence-electron chi connectivity index (χ0n) is 15.1. The number of carbonyl (C=O) groups is 1. The van der Waals surface area contributed by atoms with Crippen molar-refractivity contribution in [2.24, 2.45) is 5.92 Å². The lowest BCUT2D eigenvalue weighted by Crippen LogP contribution is -2.49. The summed E-state index contributed by atoms with van der Waals surface area (Å²) in [6.45, 7) is 14.3. The minimum absolute atomic E-state index is 0.223. The summed E-state index contributed by atoms with van der Waals surface area (Å²) < 4.78 is 11.1. The van der Waals surface area contributed by atoms with Crippen LogP contribution in [0.4, 0.5) is 4.79 Å². The number of nitrogens with one attached hydrogen (secondary N) is 2. The molecule has 1 aliphatic rings. The maximum absolute atomic E-state index is 12.1. The maximum Gasteiger partial charge on any atom is 0.408 e. The average Bonchev–Trinajstić information content (AvgIpc) is 3.03. The van der Waals surface area contributed by atoms with Gasteiger partial charge in [-0.15, -0.1) is 0 Å². The number of unbranched alkanes of at least 4 members (excludes halogenated alkanes) is 1. The molecule has 5 nitrogen and oxygen atoms in total. The highest BCUT2D eigenvalue weighted by Crippen LogP contribution is 2.43. The topological polar surface area (TPSA) is 59.6 Å². The van der Waals surface area contributed by atoms with Crippen LogP contribution in [-0.2, 0) is 9.47 Å². The van der Waals surface area contributed by atoms with Crippen molar-refractivity contribution in [3.05, 3.63) is 0 Å². The Hall–Kier alpha value is -0.810. The molecule has 1 fully saturated rings. The van der Waals surface area contributed by atoms with E-state index in [4.69, 9.17) is 9.47 Å². The third-order valence-corrected chi connectivity index (χ3v) is 3.77. The number of hydrogen-bond acceptors (Lipinski definition) is 4. The lowest BCUT2D eigenvalue weighted by atomic mass is 10.2. The third-order valence-electron chi connectivity index (χ3n) is 3.77. The van der Waals surface area contributed by atoms with Gasteiger partial charge >= 0.3 is 6.09 Å². The molecule has 1 saturated carbocycles. The Morgan fingerprint density at radius 2 is 2.05 bits per heavy atom. The molecule has 0 aromatic heterocycles. The first-order chi connectivity index (χ1) is 10.2. The van der Waals surface area contributed by atoms with Gasteiger partial charge in [0.15, 0.2) is 0 Å². The van der Waals surface area contributed by atoms with Crippen LogP contribution in [0.25, 0.3) is 0 Å². The molecule has 0 unspecified atom stereocenters. The Balaban J connectivity index is 2.49. The first kappa shape index (κ1) is 19.2. The van der Waals surface area contributed by atoms with Gasteiger partial charge in [0.2, 0.25) is 0 Å². The zero-order chi connectivity index (χ0) is 16.8. The highest BCUT2D eigenvalue weighted by molar-refractivity contribution is 5.69. The van der Waals surface area contributed by atoms with Crippen molar-refractivity contribution >= 4 is 6.09 Å². The molecule has 5 heteroatoms. The summed E-state index contributed by atoms with van der Waals surface area (Å²) in [5.74, 6) is 0.364. The fourth-order valence-corrected chi connectivity index (χ4v) is 2.38. The van der Waals surface area contributed by atoms with Crippen LogP contribution in [0.15, 0.2) is 0 Å². The Labute approximate surface area is 135 Å². The second-order valence-corrected chi connectivity index (χ2v) is 7.65. The Kier molecular flexibility index (Phi) is 7.13. The van der Waals surface area contributed by atoms with Gasteiger partial charge in [-0.25, -0.2) is 4.79 Å². The van der Waals surface area contributed by atoms with Crippen molar-refractivity contribution in [2.45, 2.75) is 78.0 Å². The molecule has 0 radical (unpaired) electrons. The number of amides is 1. The molecule has 0 aliphatic heterocycles. The first-order valence-electron chi connectivity index (χ1n) is 8.51. The van der Waals surface area contributed by atoms with E-state index in [0.29, 0.717) is 18.6 Å². The monoisotopic (exact) mass is 314 g/mol. The summed E-state index contributed by atoms with van der Waals surface area (Å²) in [5, 5.41) is 6.49. The normalized spacial score (nSPS) is 24.4. The van der Waals surface area contributed by atoms with Gasteiger partial charge in [-0.05, 0) is 33.6 Å². The second-order valence-electron chi connectivity index (χ2n) is 7.65. The average molecular weight is 314 g/mol. The lowest BCUT2D eigenvalue weighted by molar-refractivity contribution is 0.0477. The summed E-state index contributed by atoms with van der Waals surface area (Å²) in [5.41, 5.74) is -0.697. The van der Waals surface area contributed by atoms with E-state index in [2.05, 4.69) is 31.4 Å². The quantitative estimate of drug-likeness (QED) is 0.642. The number of rotatable bonds is 9. The van der Waals surface area contributed by atoms with Gasteiger partial charge < -0.3 is 20.1 Å². The van der Waals surface area contributed by atoms with E-state index in [0.717, 1.165) is 32.4 Å². The van der Waals surface area contributed by atoms with Crippen molar-refractivity contribution in [1.29, 1.82) is 0 Å². The van der Waals surface area contributed by atoms with Crippen LogP contribution >= 0.6 is 0 Å². The summed E-state index contributed by atoms with van der Waals surface area (Å²) in [4.78, 5) is 12.1. The molecular formula is C17H34N2O3. The Bertz CT molecular complexity index is 352. The van der Waals surface area contributed by atoms with Gasteiger partial charge in [0.1, 0.15) is 5.60 Å². The largest absolute Gasteiger partial charge is 0.444 e. The molecular weight excluding hydrogens is 280 g/mol. The molecule has 0 aromatic carbocycles. The molecule has 0 spiro atoms. The fraction of sp³-hybridized carbons (Fsp3) is 0.941. The van der Waals surface area contributed by atoms with E-state index in [1.165, 1.54) is 0 Å². The van der Waals surface area contributed by atoms with E-state index in [1.807, 2.05) is 20.8 Å². The van der Waals surface area contributed by atoms with Crippen LogP contribution in [0, 0.1) is 5.92 Å². The molecule has 0 bridgehead atoms. The smallest absolute Gasteiger partial charge is 0.408 e. The van der Waals surface area contributed by atoms with Gasteiger partial charge in [0.25, 0.3) is 0 Å². The van der Waals surface area contributed by atoms with E-state index in [-0.39, 0.29) is 11.6 Å². The summed E-state index contributed by atoms with van der Waals surface area (Å²) in [6.07, 6.45) is 2.83. The van der Waals surface area contributed by atoms with E-state index in [1.54, 1.807) is 0 Å². The van der Waals surface area contributed by atoms with E-state index < -0.39 is 5.60 Å². The molecule has 2 N–H and O–H groups in total. The number of carbonyl (C=O) groups excluding carboxylic acids is 1. The SMILES string of the molecule is CCCCOC[C@H]1C[C@]1(CNC(C)C)NC(=O)OC(C)(C)C. The Morgan fingerprint density at radius 1 is 1.36 bits per heavy atom. The molecule has 0 aromatic rings. The van der Waals surface area contributed by atoms with Crippen LogP contribution in [-0.4, -0.2) is 43.0 Å². The molecule has 22 heavy (non-hydrogen) atoms. The minimum Gasteiger partial charge on any atom is -0.444 e. The predicted molar refractivity (Wildman–Crippen MR) is 89.1 cm³/mol. The fourth-order valence-electron chi connectivity index (χ4n) is 2.38. The van der Waals surface area contributed by atoms with Crippen LogP contribution in [0.1, 0.15) is 60.8 Å². The highest BCUT2D eigenvalue weighted by atomic mass is 16.6. The van der Waals surface area contributed by atoms with E-state index >= 15 is 0 Å². The molecule has 1 aliphatic carbocycles. The van der Waals surface area contributed by atoms with Crippen LogP contribution in [0.2, 0.25) is 0 Å². The predicted octanol–water partition coefficient (Wildman–Crippen LogP) is 3.08. The van der Waals surface area contributed by atoms with Crippen LogP contribution in [0.3, 0.4) is 0 Å². The number of hydrogen-bond donors (Lipinski definition) is 2. The van der Waals surface area contributed by atoms with Gasteiger partial charge in [-0.2, -0.15) is 0 Å². The third kappa shape index (κ3) is 6.97.